The Balaban J connectivity index is 0.999. The van der Waals surface area contributed by atoms with E-state index in [1.54, 1.807) is 0 Å². The lowest BCUT2D eigenvalue weighted by atomic mass is 9.33. The third-order valence-corrected chi connectivity index (χ3v) is 21.0. The van der Waals surface area contributed by atoms with Gasteiger partial charge in [-0.2, -0.15) is 0 Å². The van der Waals surface area contributed by atoms with Crippen LogP contribution in [0.3, 0.4) is 0 Å². The summed E-state index contributed by atoms with van der Waals surface area (Å²) in [5.74, 6) is -0.955. The molecule has 28 atom stereocenters. The number of fused-ring (bicyclic) bond motifs is 7. The number of carbonyl (C=O) groups excluding carboxylic acids is 1. The predicted molar refractivity (Wildman–Crippen MR) is 255 cm³/mol. The predicted octanol–water partition coefficient (Wildman–Crippen LogP) is -0.370. The van der Waals surface area contributed by atoms with Crippen molar-refractivity contribution in [2.45, 2.75) is 249 Å². The molecule has 0 amide bonds. The molecule has 74 heavy (non-hydrogen) atoms. The molecule has 8 fully saturated rings. The molecule has 5 aliphatic carbocycles. The normalized spacial score (nSPS) is 55.1. The smallest absolute Gasteiger partial charge is 0.317 e. The summed E-state index contributed by atoms with van der Waals surface area (Å²) >= 11 is 0. The molecule has 424 valence electrons. The Morgan fingerprint density at radius 2 is 1.24 bits per heavy atom. The van der Waals surface area contributed by atoms with Gasteiger partial charge in [0.05, 0.1) is 37.6 Å². The van der Waals surface area contributed by atoms with E-state index in [1.165, 1.54) is 13.8 Å². The van der Waals surface area contributed by atoms with Crippen LogP contribution >= 0.6 is 0 Å². The summed E-state index contributed by atoms with van der Waals surface area (Å²) in [7, 11) is 0. The van der Waals surface area contributed by atoms with Gasteiger partial charge in [0.25, 0.3) is 0 Å². The van der Waals surface area contributed by atoms with Crippen LogP contribution in [0.2, 0.25) is 0 Å². The number of ether oxygens (including phenoxy) is 8. The van der Waals surface area contributed by atoms with Gasteiger partial charge in [-0.1, -0.05) is 60.1 Å². The van der Waals surface area contributed by atoms with E-state index in [1.807, 2.05) is 0 Å². The van der Waals surface area contributed by atoms with Gasteiger partial charge in [-0.05, 0) is 116 Å². The van der Waals surface area contributed by atoms with Crippen LogP contribution in [0.4, 0.5) is 0 Å². The highest BCUT2D eigenvalue weighted by Crippen LogP contribution is 2.76. The third-order valence-electron chi connectivity index (χ3n) is 21.0. The van der Waals surface area contributed by atoms with Crippen molar-refractivity contribution in [3.05, 3.63) is 11.6 Å². The maximum absolute atomic E-state index is 15.5. The van der Waals surface area contributed by atoms with Gasteiger partial charge in [0, 0.05) is 0 Å². The van der Waals surface area contributed by atoms with Crippen LogP contribution in [0.5, 0.6) is 0 Å². The molecule has 21 heteroatoms. The number of aliphatic hydroxyl groups excluding tert-OH is 12. The van der Waals surface area contributed by atoms with E-state index in [2.05, 4.69) is 54.5 Å². The van der Waals surface area contributed by atoms with E-state index < -0.39 is 164 Å². The zero-order valence-electron chi connectivity index (χ0n) is 44.3. The van der Waals surface area contributed by atoms with Crippen LogP contribution < -0.4 is 0 Å². The van der Waals surface area contributed by atoms with Crippen LogP contribution in [0.1, 0.15) is 120 Å². The van der Waals surface area contributed by atoms with Crippen molar-refractivity contribution in [2.24, 2.45) is 50.2 Å². The zero-order valence-corrected chi connectivity index (χ0v) is 44.3. The molecule has 0 bridgehead atoms. The number of hydrogen-bond acceptors (Lipinski definition) is 21. The molecule has 9 rings (SSSR count). The standard InChI is InChI=1S/C53H86O21/c1-22-32(57)35(60)38(63)44(68-22)73-42-40(65)41(72-43-37(62)33(58)26(55)21-67-43)23(2)69-46(42)74-47(66)53-17-16-48(3,4)18-25(53)24-10-11-29-50(7)14-13-31(71-45-39(64)36(61)34(59)27(20-54)70-45)49(5,6)28(50)12-15-51(29,8)52(24,9)19-30(53)56/h10,22-23,25-46,54-65H,11-21H2,1-9H3. The van der Waals surface area contributed by atoms with Gasteiger partial charge in [-0.15, -0.1) is 0 Å². The second kappa shape index (κ2) is 20.2. The van der Waals surface area contributed by atoms with Crippen LogP contribution in [0, 0.1) is 50.2 Å². The maximum atomic E-state index is 15.5. The van der Waals surface area contributed by atoms with Crippen molar-refractivity contribution < 1.29 is 104 Å². The number of allylic oxidation sites excluding steroid dienone is 2. The number of hydrogen-bond donors (Lipinski definition) is 12. The first-order chi connectivity index (χ1) is 34.5. The van der Waals surface area contributed by atoms with Crippen molar-refractivity contribution in [1.29, 1.82) is 0 Å². The molecule has 4 heterocycles. The summed E-state index contributed by atoms with van der Waals surface area (Å²) in [6.07, 6.45) is -22.6. The first-order valence-corrected chi connectivity index (χ1v) is 27.0. The second-order valence-corrected chi connectivity index (χ2v) is 25.9. The van der Waals surface area contributed by atoms with Crippen molar-refractivity contribution in [3.8, 4) is 0 Å². The Morgan fingerprint density at radius 1 is 0.622 bits per heavy atom. The summed E-state index contributed by atoms with van der Waals surface area (Å²) in [5, 5.41) is 130. The average molecular weight is 1060 g/mol. The average Bonchev–Trinajstić information content (AvgIpc) is 3.33. The molecule has 0 radical (unpaired) electrons. The summed E-state index contributed by atoms with van der Waals surface area (Å²) in [5.41, 5.74) is -2.19. The lowest BCUT2D eigenvalue weighted by molar-refractivity contribution is -0.375. The van der Waals surface area contributed by atoms with Crippen molar-refractivity contribution in [3.63, 3.8) is 0 Å². The minimum absolute atomic E-state index is 0.149. The fourth-order valence-corrected chi connectivity index (χ4v) is 16.2. The van der Waals surface area contributed by atoms with Gasteiger partial charge >= 0.3 is 5.97 Å². The van der Waals surface area contributed by atoms with Crippen molar-refractivity contribution in [1.82, 2.24) is 0 Å². The first-order valence-electron chi connectivity index (χ1n) is 27.0. The lowest BCUT2D eigenvalue weighted by Crippen LogP contribution is -2.68. The molecule has 9 aliphatic rings. The zero-order chi connectivity index (χ0) is 54.2. The molecule has 4 saturated carbocycles. The highest BCUT2D eigenvalue weighted by molar-refractivity contribution is 5.80. The lowest BCUT2D eigenvalue weighted by Gasteiger charge is -2.71. The van der Waals surface area contributed by atoms with E-state index >= 15 is 4.79 Å². The molecule has 0 aromatic rings. The SMILES string of the molecule is CC1OC(OC2C(OC(=O)C34CCC(C)(C)CC3C3=CCC5C6(C)CCC(OC7OC(CO)C(O)C(O)C7O)C(C)(C)C6CCC5(C)C3(C)CC4O)OC(C)C(OC3OCC(O)C(O)C3O)C2O)C(O)C(O)C1O. The van der Waals surface area contributed by atoms with Gasteiger partial charge in [-0.3, -0.25) is 4.79 Å². The monoisotopic (exact) mass is 1060 g/mol. The van der Waals surface area contributed by atoms with Gasteiger partial charge in [0.1, 0.15) is 78.7 Å². The molecule has 4 aliphatic heterocycles. The van der Waals surface area contributed by atoms with Crippen LogP contribution in [-0.4, -0.2) is 209 Å². The molecular formula is C53H86O21. The van der Waals surface area contributed by atoms with E-state index in [0.717, 1.165) is 24.8 Å². The number of carbonyl (C=O) groups is 1. The Kier molecular flexibility index (Phi) is 15.6. The molecule has 12 N–H and O–H groups in total. The maximum Gasteiger partial charge on any atom is 0.317 e. The Bertz CT molecular complexity index is 2060. The van der Waals surface area contributed by atoms with Crippen LogP contribution in [0.15, 0.2) is 11.6 Å². The summed E-state index contributed by atoms with van der Waals surface area (Å²) in [6.45, 7) is 17.6. The highest BCUT2D eigenvalue weighted by atomic mass is 16.8. The van der Waals surface area contributed by atoms with Gasteiger partial charge in [-0.25, -0.2) is 0 Å². The minimum Gasteiger partial charge on any atom is -0.432 e. The second-order valence-electron chi connectivity index (χ2n) is 25.9. The highest BCUT2D eigenvalue weighted by Gasteiger charge is 2.72. The largest absolute Gasteiger partial charge is 0.432 e. The topological polar surface area (TPSA) is 334 Å². The van der Waals surface area contributed by atoms with Crippen LogP contribution in [-0.2, 0) is 42.7 Å². The molecule has 0 aromatic heterocycles. The van der Waals surface area contributed by atoms with Crippen molar-refractivity contribution >= 4 is 5.97 Å². The quantitative estimate of drug-likeness (QED) is 0.0796. The number of rotatable bonds is 9. The first kappa shape index (κ1) is 57.1. The summed E-state index contributed by atoms with van der Waals surface area (Å²) in [4.78, 5) is 15.5. The fourth-order valence-electron chi connectivity index (χ4n) is 16.2. The van der Waals surface area contributed by atoms with E-state index in [9.17, 15) is 61.3 Å². The van der Waals surface area contributed by atoms with E-state index in [0.29, 0.717) is 25.7 Å². The summed E-state index contributed by atoms with van der Waals surface area (Å²) in [6, 6.07) is 0. The van der Waals surface area contributed by atoms with Gasteiger partial charge in [0.2, 0.25) is 6.29 Å². The van der Waals surface area contributed by atoms with Crippen LogP contribution in [0.25, 0.3) is 0 Å². The fraction of sp³-hybridized carbons (Fsp3) is 0.943. The Morgan fingerprint density at radius 3 is 1.92 bits per heavy atom. The van der Waals surface area contributed by atoms with Gasteiger partial charge < -0.3 is 99.2 Å². The molecular weight excluding hydrogens is 973 g/mol. The summed E-state index contributed by atoms with van der Waals surface area (Å²) < 4.78 is 48.5. The molecule has 28 unspecified atom stereocenters. The minimum atomic E-state index is -1.84. The Hall–Kier alpha value is -1.55. The molecule has 0 spiro atoms. The molecule has 4 saturated heterocycles. The number of aliphatic hydroxyl groups is 12. The van der Waals surface area contributed by atoms with E-state index in [-0.39, 0.29) is 47.0 Å². The number of esters is 1. The molecule has 0 aromatic carbocycles. The van der Waals surface area contributed by atoms with E-state index in [4.69, 9.17) is 37.9 Å². The molecule has 21 nitrogen and oxygen atoms in total. The Labute approximate surface area is 433 Å². The van der Waals surface area contributed by atoms with Gasteiger partial charge in [0.15, 0.2) is 25.0 Å². The third kappa shape index (κ3) is 8.99. The van der Waals surface area contributed by atoms with Crippen molar-refractivity contribution in [2.75, 3.05) is 13.2 Å².